The van der Waals surface area contributed by atoms with E-state index in [-0.39, 0.29) is 18.4 Å². The molecule has 13 heavy (non-hydrogen) atoms. The number of pyridine rings is 1. The summed E-state index contributed by atoms with van der Waals surface area (Å²) in [7, 11) is 0. The van der Waals surface area contributed by atoms with Gasteiger partial charge in [0, 0.05) is 23.4 Å². The quantitative estimate of drug-likeness (QED) is 0.626. The standard InChI is InChI=1S/C9H14N2O2/c1-5(10)8-7(4-12)3-11-6(2)9(8)13/h3,5,12-13H,4,10H2,1-2H3. The SMILES string of the molecule is Cc1ncc(CO)c(C(C)N)c1O. The minimum Gasteiger partial charge on any atom is -0.506 e. The van der Waals surface area contributed by atoms with Gasteiger partial charge in [-0.25, -0.2) is 0 Å². The highest BCUT2D eigenvalue weighted by Crippen LogP contribution is 2.28. The van der Waals surface area contributed by atoms with E-state index in [1.807, 2.05) is 0 Å². The van der Waals surface area contributed by atoms with Crippen molar-refractivity contribution in [2.45, 2.75) is 26.5 Å². The molecule has 0 aliphatic carbocycles. The van der Waals surface area contributed by atoms with Crippen molar-refractivity contribution in [1.82, 2.24) is 4.98 Å². The maximum atomic E-state index is 9.63. The fraction of sp³-hybridized carbons (Fsp3) is 0.444. The molecule has 1 aromatic rings. The van der Waals surface area contributed by atoms with E-state index in [1.54, 1.807) is 13.8 Å². The van der Waals surface area contributed by atoms with E-state index in [9.17, 15) is 5.11 Å². The maximum absolute atomic E-state index is 9.63. The number of nitrogens with zero attached hydrogens (tertiary/aromatic N) is 1. The summed E-state index contributed by atoms with van der Waals surface area (Å²) in [5, 5.41) is 18.6. The predicted octanol–water partition coefficient (Wildman–Crippen LogP) is 0.608. The van der Waals surface area contributed by atoms with Crippen LogP contribution in [0.2, 0.25) is 0 Å². The molecule has 0 fully saturated rings. The first-order chi connectivity index (χ1) is 6.07. The van der Waals surface area contributed by atoms with Crippen LogP contribution in [0.25, 0.3) is 0 Å². The molecule has 0 saturated carbocycles. The second-order valence-corrected chi connectivity index (χ2v) is 3.08. The van der Waals surface area contributed by atoms with E-state index in [0.717, 1.165) is 0 Å². The summed E-state index contributed by atoms with van der Waals surface area (Å²) in [6.07, 6.45) is 1.54. The van der Waals surface area contributed by atoms with Crippen molar-refractivity contribution in [3.8, 4) is 5.75 Å². The molecule has 0 aromatic carbocycles. The summed E-state index contributed by atoms with van der Waals surface area (Å²) in [4.78, 5) is 3.93. The van der Waals surface area contributed by atoms with Crippen LogP contribution >= 0.6 is 0 Å². The minimum atomic E-state index is -0.302. The number of hydrogen-bond acceptors (Lipinski definition) is 4. The minimum absolute atomic E-state index is 0.0848. The molecule has 0 bridgehead atoms. The highest BCUT2D eigenvalue weighted by atomic mass is 16.3. The Bertz CT molecular complexity index is 311. The van der Waals surface area contributed by atoms with E-state index in [2.05, 4.69) is 4.98 Å². The van der Waals surface area contributed by atoms with Gasteiger partial charge in [0.1, 0.15) is 5.75 Å². The normalized spacial score (nSPS) is 12.9. The first-order valence-electron chi connectivity index (χ1n) is 4.11. The maximum Gasteiger partial charge on any atom is 0.141 e. The third-order valence-electron chi connectivity index (χ3n) is 1.98. The Labute approximate surface area is 77.0 Å². The van der Waals surface area contributed by atoms with Crippen LogP contribution in [-0.2, 0) is 6.61 Å². The number of hydrogen-bond donors (Lipinski definition) is 3. The van der Waals surface area contributed by atoms with Crippen LogP contribution in [0.1, 0.15) is 29.8 Å². The van der Waals surface area contributed by atoms with Gasteiger partial charge in [0.05, 0.1) is 12.3 Å². The number of aliphatic hydroxyl groups excluding tert-OH is 1. The number of aliphatic hydroxyl groups is 1. The molecule has 4 nitrogen and oxygen atoms in total. The fourth-order valence-corrected chi connectivity index (χ4v) is 1.29. The lowest BCUT2D eigenvalue weighted by molar-refractivity contribution is 0.278. The molecule has 0 aliphatic heterocycles. The average molecular weight is 182 g/mol. The van der Waals surface area contributed by atoms with Crippen LogP contribution < -0.4 is 5.73 Å². The fourth-order valence-electron chi connectivity index (χ4n) is 1.29. The first-order valence-corrected chi connectivity index (χ1v) is 4.11. The van der Waals surface area contributed by atoms with Gasteiger partial charge in [-0.3, -0.25) is 4.98 Å². The van der Waals surface area contributed by atoms with E-state index in [1.165, 1.54) is 6.20 Å². The molecule has 1 heterocycles. The molecule has 72 valence electrons. The monoisotopic (exact) mass is 182 g/mol. The Morgan fingerprint density at radius 1 is 1.62 bits per heavy atom. The van der Waals surface area contributed by atoms with Gasteiger partial charge in [0.25, 0.3) is 0 Å². The zero-order chi connectivity index (χ0) is 10.0. The molecular formula is C9H14N2O2. The van der Waals surface area contributed by atoms with E-state index >= 15 is 0 Å². The molecular weight excluding hydrogens is 168 g/mol. The third kappa shape index (κ3) is 1.79. The van der Waals surface area contributed by atoms with E-state index in [0.29, 0.717) is 16.8 Å². The van der Waals surface area contributed by atoms with Gasteiger partial charge in [-0.2, -0.15) is 0 Å². The lowest BCUT2D eigenvalue weighted by Crippen LogP contribution is -2.10. The van der Waals surface area contributed by atoms with Crippen LogP contribution in [0.4, 0.5) is 0 Å². The van der Waals surface area contributed by atoms with Crippen LogP contribution in [0.5, 0.6) is 5.75 Å². The predicted molar refractivity (Wildman–Crippen MR) is 49.2 cm³/mol. The molecule has 0 amide bonds. The Morgan fingerprint density at radius 3 is 2.69 bits per heavy atom. The average Bonchev–Trinajstić information content (AvgIpc) is 2.08. The molecule has 4 N–H and O–H groups in total. The summed E-state index contributed by atoms with van der Waals surface area (Å²) in [6.45, 7) is 3.30. The van der Waals surface area contributed by atoms with Gasteiger partial charge in [0.15, 0.2) is 0 Å². The molecule has 0 aliphatic rings. The van der Waals surface area contributed by atoms with Crippen LogP contribution in [-0.4, -0.2) is 15.2 Å². The van der Waals surface area contributed by atoms with Crippen LogP contribution in [0, 0.1) is 6.92 Å². The second kappa shape index (κ2) is 3.72. The van der Waals surface area contributed by atoms with Gasteiger partial charge in [-0.15, -0.1) is 0 Å². The Kier molecular flexibility index (Phi) is 2.85. The largest absolute Gasteiger partial charge is 0.506 e. The first kappa shape index (κ1) is 9.95. The van der Waals surface area contributed by atoms with E-state index in [4.69, 9.17) is 10.8 Å². The van der Waals surface area contributed by atoms with Crippen LogP contribution in [0.15, 0.2) is 6.20 Å². The molecule has 4 heteroatoms. The third-order valence-corrected chi connectivity index (χ3v) is 1.98. The molecule has 0 radical (unpaired) electrons. The summed E-state index contributed by atoms with van der Waals surface area (Å²) >= 11 is 0. The molecule has 1 rings (SSSR count). The van der Waals surface area contributed by atoms with Gasteiger partial charge < -0.3 is 15.9 Å². The number of aromatic nitrogens is 1. The van der Waals surface area contributed by atoms with Gasteiger partial charge in [0.2, 0.25) is 0 Å². The van der Waals surface area contributed by atoms with Crippen molar-refractivity contribution in [2.24, 2.45) is 5.73 Å². The number of rotatable bonds is 2. The molecule has 1 atom stereocenters. The van der Waals surface area contributed by atoms with Crippen molar-refractivity contribution in [1.29, 1.82) is 0 Å². The van der Waals surface area contributed by atoms with Gasteiger partial charge in [-0.05, 0) is 13.8 Å². The van der Waals surface area contributed by atoms with Crippen LogP contribution in [0.3, 0.4) is 0 Å². The van der Waals surface area contributed by atoms with Crippen molar-refractivity contribution < 1.29 is 10.2 Å². The molecule has 1 unspecified atom stereocenters. The topological polar surface area (TPSA) is 79.4 Å². The molecule has 0 spiro atoms. The highest BCUT2D eigenvalue weighted by molar-refractivity contribution is 5.42. The Balaban J connectivity index is 3.32. The summed E-state index contributed by atoms with van der Waals surface area (Å²) in [6, 6.07) is -0.302. The van der Waals surface area contributed by atoms with E-state index < -0.39 is 0 Å². The summed E-state index contributed by atoms with van der Waals surface area (Å²) < 4.78 is 0. The van der Waals surface area contributed by atoms with Crippen molar-refractivity contribution in [3.63, 3.8) is 0 Å². The number of aromatic hydroxyl groups is 1. The summed E-state index contributed by atoms with van der Waals surface area (Å²) in [5.41, 5.74) is 7.35. The lowest BCUT2D eigenvalue weighted by Gasteiger charge is -2.13. The van der Waals surface area contributed by atoms with Crippen molar-refractivity contribution in [3.05, 3.63) is 23.0 Å². The number of aryl methyl sites for hydroxylation is 1. The Hall–Kier alpha value is -1.13. The zero-order valence-electron chi connectivity index (χ0n) is 7.78. The van der Waals surface area contributed by atoms with Gasteiger partial charge >= 0.3 is 0 Å². The zero-order valence-corrected chi connectivity index (χ0v) is 7.78. The van der Waals surface area contributed by atoms with Crippen molar-refractivity contribution in [2.75, 3.05) is 0 Å². The highest BCUT2D eigenvalue weighted by Gasteiger charge is 2.14. The van der Waals surface area contributed by atoms with Gasteiger partial charge in [-0.1, -0.05) is 0 Å². The Morgan fingerprint density at radius 2 is 2.23 bits per heavy atom. The van der Waals surface area contributed by atoms with Crippen molar-refractivity contribution >= 4 is 0 Å². The second-order valence-electron chi connectivity index (χ2n) is 3.08. The summed E-state index contributed by atoms with van der Waals surface area (Å²) in [5.74, 6) is 0.0848. The smallest absolute Gasteiger partial charge is 0.141 e. The number of nitrogens with two attached hydrogens (primary N) is 1. The lowest BCUT2D eigenvalue weighted by atomic mass is 10.0. The molecule has 1 aromatic heterocycles. The molecule has 0 saturated heterocycles.